The number of hydrogen-bond donors (Lipinski definition) is 1. The summed E-state index contributed by atoms with van der Waals surface area (Å²) in [7, 11) is -4.08. The first-order valence-electron chi connectivity index (χ1n) is 13.8. The minimum absolute atomic E-state index is 0.0549. The van der Waals surface area contributed by atoms with E-state index in [2.05, 4.69) is 19.2 Å². The van der Waals surface area contributed by atoms with Gasteiger partial charge in [0.1, 0.15) is 12.6 Å². The van der Waals surface area contributed by atoms with Gasteiger partial charge in [-0.1, -0.05) is 80.9 Å². The maximum atomic E-state index is 14.0. The zero-order chi connectivity index (χ0) is 29.4. The Bertz CT molecular complexity index is 1370. The Labute approximate surface area is 239 Å². The Hall–Kier alpha value is -3.65. The Morgan fingerprint density at radius 2 is 1.45 bits per heavy atom. The number of amides is 2. The van der Waals surface area contributed by atoms with Gasteiger partial charge < -0.3 is 10.2 Å². The summed E-state index contributed by atoms with van der Waals surface area (Å²) in [6.45, 7) is 11.4. The molecular weight excluding hydrogens is 522 g/mol. The number of carbonyl (C=O) groups excluding carboxylic acids is 2. The van der Waals surface area contributed by atoms with Gasteiger partial charge in [0.05, 0.1) is 10.6 Å². The highest BCUT2D eigenvalue weighted by atomic mass is 32.2. The van der Waals surface area contributed by atoms with Gasteiger partial charge in [0.2, 0.25) is 11.8 Å². The van der Waals surface area contributed by atoms with E-state index in [1.807, 2.05) is 57.2 Å². The number of rotatable bonds is 12. The molecule has 0 heterocycles. The summed E-state index contributed by atoms with van der Waals surface area (Å²) < 4.78 is 28.9. The number of sulfonamides is 1. The van der Waals surface area contributed by atoms with Crippen molar-refractivity contribution in [3.63, 3.8) is 0 Å². The molecule has 0 saturated heterocycles. The smallest absolute Gasteiger partial charge is 0.264 e. The van der Waals surface area contributed by atoms with Gasteiger partial charge in [-0.25, -0.2) is 8.42 Å². The van der Waals surface area contributed by atoms with Crippen LogP contribution in [0.15, 0.2) is 83.8 Å². The molecule has 0 radical (unpaired) electrons. The monoisotopic (exact) mass is 563 g/mol. The highest BCUT2D eigenvalue weighted by Gasteiger charge is 2.32. The standard InChI is InChI=1S/C32H41N3O4S/c1-7-25(5)33-32(37)26(6)34(21-27-15-13-24(4)14-16-27)31(36)22-35(29-19-17-28(18-20-29)23(2)3)40(38,39)30-11-9-8-10-12-30/h8-20,23,25-26H,7,21-22H2,1-6H3,(H,33,37)/t25-,26+/m1/s1. The molecule has 3 aromatic rings. The number of nitrogens with zero attached hydrogens (tertiary/aromatic N) is 2. The molecule has 214 valence electrons. The van der Waals surface area contributed by atoms with E-state index in [1.165, 1.54) is 17.0 Å². The van der Waals surface area contributed by atoms with Crippen LogP contribution in [0.1, 0.15) is 63.6 Å². The van der Waals surface area contributed by atoms with Crippen LogP contribution in [-0.2, 0) is 26.2 Å². The molecule has 40 heavy (non-hydrogen) atoms. The summed E-state index contributed by atoms with van der Waals surface area (Å²) in [5.41, 5.74) is 3.37. The lowest BCUT2D eigenvalue weighted by Gasteiger charge is -2.32. The molecule has 1 N–H and O–H groups in total. The summed E-state index contributed by atoms with van der Waals surface area (Å²) in [4.78, 5) is 28.7. The minimum Gasteiger partial charge on any atom is -0.352 e. The van der Waals surface area contributed by atoms with Crippen molar-refractivity contribution in [1.29, 1.82) is 0 Å². The molecule has 0 unspecified atom stereocenters. The first kappa shape index (κ1) is 30.9. The molecule has 0 aliphatic rings. The molecule has 3 rings (SSSR count). The topological polar surface area (TPSA) is 86.8 Å². The van der Waals surface area contributed by atoms with Gasteiger partial charge >= 0.3 is 0 Å². The van der Waals surface area contributed by atoms with E-state index < -0.39 is 28.5 Å². The molecule has 0 saturated carbocycles. The van der Waals surface area contributed by atoms with E-state index >= 15 is 0 Å². The normalized spacial score (nSPS) is 13.0. The second-order valence-electron chi connectivity index (χ2n) is 10.6. The van der Waals surface area contributed by atoms with E-state index in [0.717, 1.165) is 27.4 Å². The van der Waals surface area contributed by atoms with Crippen LogP contribution in [0, 0.1) is 6.92 Å². The number of hydrogen-bond acceptors (Lipinski definition) is 4. The van der Waals surface area contributed by atoms with Crippen molar-refractivity contribution in [2.75, 3.05) is 10.8 Å². The maximum Gasteiger partial charge on any atom is 0.264 e. The number of nitrogens with one attached hydrogen (secondary N) is 1. The van der Waals surface area contributed by atoms with Gasteiger partial charge in [0.15, 0.2) is 0 Å². The summed E-state index contributed by atoms with van der Waals surface area (Å²) in [5, 5.41) is 2.95. The lowest BCUT2D eigenvalue weighted by Crippen LogP contribution is -2.52. The SMILES string of the molecule is CC[C@@H](C)NC(=O)[C@H](C)N(Cc1ccc(C)cc1)C(=O)CN(c1ccc(C(C)C)cc1)S(=O)(=O)c1ccccc1. The molecule has 2 amide bonds. The Morgan fingerprint density at radius 3 is 2.00 bits per heavy atom. The van der Waals surface area contributed by atoms with E-state index in [4.69, 9.17) is 0 Å². The van der Waals surface area contributed by atoms with Crippen LogP contribution in [0.2, 0.25) is 0 Å². The van der Waals surface area contributed by atoms with Crippen molar-refractivity contribution in [1.82, 2.24) is 10.2 Å². The lowest BCUT2D eigenvalue weighted by molar-refractivity contribution is -0.139. The fraction of sp³-hybridized carbons (Fsp3) is 0.375. The van der Waals surface area contributed by atoms with E-state index in [1.54, 1.807) is 37.3 Å². The third-order valence-electron chi connectivity index (χ3n) is 7.10. The van der Waals surface area contributed by atoms with Crippen molar-refractivity contribution < 1.29 is 18.0 Å². The van der Waals surface area contributed by atoms with Crippen LogP contribution in [0.4, 0.5) is 5.69 Å². The van der Waals surface area contributed by atoms with E-state index in [0.29, 0.717) is 5.69 Å². The highest BCUT2D eigenvalue weighted by Crippen LogP contribution is 2.26. The number of anilines is 1. The van der Waals surface area contributed by atoms with Gasteiger partial charge in [-0.2, -0.15) is 0 Å². The molecule has 8 heteroatoms. The zero-order valence-electron chi connectivity index (χ0n) is 24.3. The predicted octanol–water partition coefficient (Wildman–Crippen LogP) is 5.65. The van der Waals surface area contributed by atoms with Gasteiger partial charge in [-0.3, -0.25) is 13.9 Å². The summed E-state index contributed by atoms with van der Waals surface area (Å²) in [6.07, 6.45) is 0.750. The third kappa shape index (κ3) is 7.72. The van der Waals surface area contributed by atoms with Crippen LogP contribution < -0.4 is 9.62 Å². The summed E-state index contributed by atoms with van der Waals surface area (Å²) in [5.74, 6) is -0.488. The molecule has 0 aromatic heterocycles. The van der Waals surface area contributed by atoms with Crippen LogP contribution in [0.5, 0.6) is 0 Å². The first-order valence-corrected chi connectivity index (χ1v) is 15.2. The Morgan fingerprint density at radius 1 is 0.850 bits per heavy atom. The highest BCUT2D eigenvalue weighted by molar-refractivity contribution is 7.92. The average Bonchev–Trinajstić information content (AvgIpc) is 2.95. The van der Waals surface area contributed by atoms with E-state index in [9.17, 15) is 18.0 Å². The Kier molecular flexibility index (Phi) is 10.5. The number of carbonyl (C=O) groups is 2. The second kappa shape index (κ2) is 13.6. The quantitative estimate of drug-likeness (QED) is 0.309. The molecule has 0 aliphatic carbocycles. The first-order chi connectivity index (χ1) is 18.9. The maximum absolute atomic E-state index is 14.0. The molecule has 7 nitrogen and oxygen atoms in total. The van der Waals surface area contributed by atoms with Crippen LogP contribution in [0.3, 0.4) is 0 Å². The van der Waals surface area contributed by atoms with Gasteiger partial charge in [-0.15, -0.1) is 0 Å². The molecular formula is C32H41N3O4S. The van der Waals surface area contributed by atoms with E-state index in [-0.39, 0.29) is 29.3 Å². The summed E-state index contributed by atoms with van der Waals surface area (Å²) in [6, 6.07) is 22.2. The van der Waals surface area contributed by atoms with Crippen LogP contribution in [0.25, 0.3) is 0 Å². The minimum atomic E-state index is -4.08. The number of benzene rings is 3. The lowest BCUT2D eigenvalue weighted by atomic mass is 10.0. The van der Waals surface area contributed by atoms with Crippen LogP contribution >= 0.6 is 0 Å². The van der Waals surface area contributed by atoms with Crippen molar-refractivity contribution in [2.45, 2.75) is 77.4 Å². The fourth-order valence-corrected chi connectivity index (χ4v) is 5.65. The molecule has 0 aliphatic heterocycles. The van der Waals surface area contributed by atoms with Crippen molar-refractivity contribution in [3.8, 4) is 0 Å². The summed E-state index contributed by atoms with van der Waals surface area (Å²) >= 11 is 0. The number of aryl methyl sites for hydroxylation is 1. The predicted molar refractivity (Wildman–Crippen MR) is 161 cm³/mol. The third-order valence-corrected chi connectivity index (χ3v) is 8.89. The van der Waals surface area contributed by atoms with Gasteiger partial charge in [0.25, 0.3) is 10.0 Å². The largest absolute Gasteiger partial charge is 0.352 e. The molecule has 2 atom stereocenters. The second-order valence-corrected chi connectivity index (χ2v) is 12.4. The molecule has 0 spiro atoms. The van der Waals surface area contributed by atoms with Gasteiger partial charge in [-0.05, 0) is 68.5 Å². The van der Waals surface area contributed by atoms with Crippen LogP contribution in [-0.4, -0.2) is 43.8 Å². The molecule has 3 aromatic carbocycles. The zero-order valence-corrected chi connectivity index (χ0v) is 25.1. The molecule has 0 bridgehead atoms. The molecule has 0 fully saturated rings. The van der Waals surface area contributed by atoms with Crippen molar-refractivity contribution >= 4 is 27.5 Å². The average molecular weight is 564 g/mol. The fourth-order valence-electron chi connectivity index (χ4n) is 4.21. The van der Waals surface area contributed by atoms with Gasteiger partial charge in [0, 0.05) is 12.6 Å². The Balaban J connectivity index is 2.02. The van der Waals surface area contributed by atoms with Crippen molar-refractivity contribution in [3.05, 3.63) is 95.6 Å². The van der Waals surface area contributed by atoms with Crippen molar-refractivity contribution in [2.24, 2.45) is 0 Å².